The Kier molecular flexibility index (Phi) is 7.87. The van der Waals surface area contributed by atoms with E-state index in [2.05, 4.69) is 0 Å². The number of thiophene rings is 2. The monoisotopic (exact) mass is 527 g/mol. The molecule has 1 saturated carbocycles. The van der Waals surface area contributed by atoms with Crippen molar-refractivity contribution >= 4 is 34.7 Å². The molecule has 0 spiro atoms. The lowest BCUT2D eigenvalue weighted by Crippen LogP contribution is -2.44. The number of hydrogen-bond donors (Lipinski definition) is 1. The van der Waals surface area contributed by atoms with Crippen molar-refractivity contribution in [1.29, 1.82) is 0 Å². The fourth-order valence-corrected chi connectivity index (χ4v) is 6.36. The molecule has 8 heteroatoms. The predicted molar refractivity (Wildman–Crippen MR) is 143 cm³/mol. The smallest absolute Gasteiger partial charge is 0.410 e. The highest BCUT2D eigenvalue weighted by Crippen LogP contribution is 2.41. The van der Waals surface area contributed by atoms with Crippen molar-refractivity contribution < 1.29 is 24.2 Å². The van der Waals surface area contributed by atoms with E-state index in [9.17, 15) is 14.7 Å². The maximum absolute atomic E-state index is 13.5. The topological polar surface area (TPSA) is 76.1 Å². The molecule has 1 atom stereocenters. The molecule has 1 aromatic carbocycles. The number of esters is 1. The number of aliphatic hydroxyl groups is 1. The third-order valence-corrected chi connectivity index (χ3v) is 8.56. The molecule has 1 aliphatic carbocycles. The largest absolute Gasteiger partial charge is 0.460 e. The molecule has 3 aromatic rings. The van der Waals surface area contributed by atoms with Gasteiger partial charge < -0.3 is 19.5 Å². The molecule has 1 N–H and O–H groups in total. The van der Waals surface area contributed by atoms with Crippen LogP contribution in [0.25, 0.3) is 10.4 Å². The molecule has 0 saturated heterocycles. The minimum Gasteiger partial charge on any atom is -0.460 e. The van der Waals surface area contributed by atoms with Crippen molar-refractivity contribution in [2.75, 3.05) is 7.05 Å². The highest BCUT2D eigenvalue weighted by molar-refractivity contribution is 7.16. The summed E-state index contributed by atoms with van der Waals surface area (Å²) in [5, 5.41) is 13.6. The van der Waals surface area contributed by atoms with Crippen LogP contribution < -0.4 is 0 Å². The van der Waals surface area contributed by atoms with Gasteiger partial charge in [-0.05, 0) is 75.6 Å². The summed E-state index contributed by atoms with van der Waals surface area (Å²) < 4.78 is 11.4. The lowest BCUT2D eigenvalue weighted by atomic mass is 9.91. The third kappa shape index (κ3) is 5.82. The molecule has 1 fully saturated rings. The number of hydrogen-bond acceptors (Lipinski definition) is 7. The van der Waals surface area contributed by atoms with Gasteiger partial charge in [0.1, 0.15) is 11.7 Å². The van der Waals surface area contributed by atoms with Gasteiger partial charge in [0.05, 0.1) is 9.75 Å². The van der Waals surface area contributed by atoms with Crippen LogP contribution in [0.3, 0.4) is 0 Å². The van der Waals surface area contributed by atoms with Crippen LogP contribution in [-0.2, 0) is 19.9 Å². The molecule has 0 aliphatic heterocycles. The Labute approximate surface area is 220 Å². The fraction of sp³-hybridized carbons (Fsp3) is 0.429. The van der Waals surface area contributed by atoms with Gasteiger partial charge >= 0.3 is 12.1 Å². The quantitative estimate of drug-likeness (QED) is 0.374. The maximum atomic E-state index is 13.5. The molecule has 1 aliphatic rings. The number of ether oxygens (including phenoxy) is 2. The standard InChI is InChI=1S/C28H33NO5S2/c1-27(2,3)34-26(31)29(4)20-12-14-21(15-13-20)33-25(30)28(32,23-11-8-18-35-23)24-17-16-22(36-24)19-9-6-5-7-10-19/h5-11,16-18,20-21,32H,12-15H2,1-4H3. The first-order valence-corrected chi connectivity index (χ1v) is 13.9. The first-order chi connectivity index (χ1) is 17.1. The van der Waals surface area contributed by atoms with E-state index in [1.165, 1.54) is 22.7 Å². The van der Waals surface area contributed by atoms with Crippen molar-refractivity contribution in [2.45, 2.75) is 69.8 Å². The Morgan fingerprint density at radius 2 is 1.64 bits per heavy atom. The number of nitrogens with zero attached hydrogens (tertiary/aromatic N) is 1. The Balaban J connectivity index is 1.45. The van der Waals surface area contributed by atoms with Gasteiger partial charge in [-0.25, -0.2) is 9.59 Å². The summed E-state index contributed by atoms with van der Waals surface area (Å²) >= 11 is 2.72. The second-order valence-corrected chi connectivity index (χ2v) is 12.2. The molecule has 0 radical (unpaired) electrons. The van der Waals surface area contributed by atoms with E-state index in [1.807, 2.05) is 68.6 Å². The van der Waals surface area contributed by atoms with Crippen molar-refractivity contribution in [3.8, 4) is 10.4 Å². The normalized spacial score (nSPS) is 19.8. The molecule has 1 unspecified atom stereocenters. The van der Waals surface area contributed by atoms with Gasteiger partial charge in [-0.3, -0.25) is 0 Å². The Morgan fingerprint density at radius 3 is 2.25 bits per heavy atom. The molecule has 6 nitrogen and oxygen atoms in total. The van der Waals surface area contributed by atoms with Crippen LogP contribution in [0.2, 0.25) is 0 Å². The van der Waals surface area contributed by atoms with Gasteiger partial charge in [-0.2, -0.15) is 0 Å². The van der Waals surface area contributed by atoms with Crippen LogP contribution >= 0.6 is 22.7 Å². The van der Waals surface area contributed by atoms with Crippen LogP contribution in [-0.4, -0.2) is 46.9 Å². The zero-order chi connectivity index (χ0) is 25.9. The summed E-state index contributed by atoms with van der Waals surface area (Å²) in [7, 11) is 1.75. The van der Waals surface area contributed by atoms with E-state index in [4.69, 9.17) is 9.47 Å². The minimum atomic E-state index is -1.87. The first kappa shape index (κ1) is 26.4. The minimum absolute atomic E-state index is 0.0247. The second kappa shape index (κ2) is 10.7. The summed E-state index contributed by atoms with van der Waals surface area (Å²) in [5.74, 6) is -0.657. The Morgan fingerprint density at radius 1 is 0.944 bits per heavy atom. The summed E-state index contributed by atoms with van der Waals surface area (Å²) in [5.41, 5.74) is -1.38. The van der Waals surface area contributed by atoms with E-state index in [-0.39, 0.29) is 18.2 Å². The molecule has 0 bridgehead atoms. The van der Waals surface area contributed by atoms with E-state index < -0.39 is 17.2 Å². The zero-order valence-electron chi connectivity index (χ0n) is 21.1. The van der Waals surface area contributed by atoms with Crippen LogP contribution in [0.1, 0.15) is 56.2 Å². The summed E-state index contributed by atoms with van der Waals surface area (Å²) in [6.45, 7) is 5.54. The van der Waals surface area contributed by atoms with Gasteiger partial charge in [0.2, 0.25) is 5.60 Å². The molecule has 4 rings (SSSR count). The number of benzene rings is 1. The molecule has 1 amide bonds. The molecular formula is C28H33NO5S2. The average Bonchev–Trinajstić information content (AvgIpc) is 3.56. The van der Waals surface area contributed by atoms with E-state index in [0.717, 1.165) is 10.4 Å². The van der Waals surface area contributed by atoms with Crippen molar-refractivity contribution in [1.82, 2.24) is 4.90 Å². The molecule has 36 heavy (non-hydrogen) atoms. The van der Waals surface area contributed by atoms with Gasteiger partial charge in [0.15, 0.2) is 0 Å². The molecular weight excluding hydrogens is 494 g/mol. The molecule has 2 heterocycles. The SMILES string of the molecule is CN(C(=O)OC(C)(C)C)C1CCC(OC(=O)C(O)(c2cccs2)c2ccc(-c3ccccc3)s2)CC1. The number of rotatable bonds is 6. The van der Waals surface area contributed by atoms with Crippen LogP contribution in [0.5, 0.6) is 0 Å². The van der Waals surface area contributed by atoms with E-state index in [1.54, 1.807) is 24.1 Å². The van der Waals surface area contributed by atoms with Crippen LogP contribution in [0.4, 0.5) is 4.79 Å². The van der Waals surface area contributed by atoms with Crippen molar-refractivity contribution in [3.63, 3.8) is 0 Å². The summed E-state index contributed by atoms with van der Waals surface area (Å²) in [6.07, 6.45) is 1.96. The van der Waals surface area contributed by atoms with Crippen molar-refractivity contribution in [3.05, 3.63) is 69.7 Å². The zero-order valence-corrected chi connectivity index (χ0v) is 22.7. The third-order valence-electron chi connectivity index (χ3n) is 6.34. The van der Waals surface area contributed by atoms with Crippen LogP contribution in [0.15, 0.2) is 60.0 Å². The predicted octanol–water partition coefficient (Wildman–Crippen LogP) is 6.43. The van der Waals surface area contributed by atoms with Crippen molar-refractivity contribution in [2.24, 2.45) is 0 Å². The Bertz CT molecular complexity index is 1160. The first-order valence-electron chi connectivity index (χ1n) is 12.2. The summed E-state index contributed by atoms with van der Waals surface area (Å²) in [6, 6.07) is 17.2. The fourth-order valence-electron chi connectivity index (χ4n) is 4.37. The second-order valence-electron chi connectivity index (χ2n) is 10.1. The highest BCUT2D eigenvalue weighted by atomic mass is 32.1. The lowest BCUT2D eigenvalue weighted by Gasteiger charge is -2.36. The van der Waals surface area contributed by atoms with Gasteiger partial charge in [0, 0.05) is 18.0 Å². The number of carbonyl (C=O) groups excluding carboxylic acids is 2. The highest BCUT2D eigenvalue weighted by Gasteiger charge is 2.45. The Hall–Kier alpha value is -2.68. The van der Waals surface area contributed by atoms with Gasteiger partial charge in [0.25, 0.3) is 0 Å². The van der Waals surface area contributed by atoms with Gasteiger partial charge in [-0.15, -0.1) is 22.7 Å². The van der Waals surface area contributed by atoms with Crippen LogP contribution in [0, 0.1) is 0 Å². The maximum Gasteiger partial charge on any atom is 0.410 e. The average molecular weight is 528 g/mol. The summed E-state index contributed by atoms with van der Waals surface area (Å²) in [4.78, 5) is 29.6. The lowest BCUT2D eigenvalue weighted by molar-refractivity contribution is -0.169. The number of carbonyl (C=O) groups is 2. The number of amides is 1. The molecule has 2 aromatic heterocycles. The van der Waals surface area contributed by atoms with Gasteiger partial charge in [-0.1, -0.05) is 36.4 Å². The van der Waals surface area contributed by atoms with E-state index in [0.29, 0.717) is 35.4 Å². The van der Waals surface area contributed by atoms with E-state index >= 15 is 0 Å². The molecule has 192 valence electrons.